The van der Waals surface area contributed by atoms with Gasteiger partial charge in [-0.3, -0.25) is 9.59 Å². The van der Waals surface area contributed by atoms with Crippen molar-refractivity contribution in [3.05, 3.63) is 52.5 Å². The summed E-state index contributed by atoms with van der Waals surface area (Å²) in [5, 5.41) is 12.0. The fourth-order valence-corrected chi connectivity index (χ4v) is 4.17. The van der Waals surface area contributed by atoms with Crippen LogP contribution in [-0.4, -0.2) is 67.9 Å². The number of amides is 2. The maximum Gasteiger partial charge on any atom is 0.261 e. The molecule has 0 unspecified atom stereocenters. The van der Waals surface area contributed by atoms with E-state index in [4.69, 9.17) is 14.2 Å². The number of halogens is 1. The number of hydrogen-bond donors (Lipinski definition) is 1. The molecule has 0 atom stereocenters. The molecule has 0 spiro atoms. The van der Waals surface area contributed by atoms with Crippen molar-refractivity contribution in [3.8, 4) is 22.1 Å². The third-order valence-electron chi connectivity index (χ3n) is 4.87. The third kappa shape index (κ3) is 6.52. The van der Waals surface area contributed by atoms with Gasteiger partial charge >= 0.3 is 0 Å². The lowest BCUT2D eigenvalue weighted by atomic mass is 10.1. The highest BCUT2D eigenvalue weighted by Gasteiger charge is 2.24. The van der Waals surface area contributed by atoms with Crippen molar-refractivity contribution in [2.45, 2.75) is 6.42 Å². The smallest absolute Gasteiger partial charge is 0.261 e. The largest absolute Gasteiger partial charge is 0.496 e. The highest BCUT2D eigenvalue weighted by Crippen LogP contribution is 2.30. The standard InChI is InChI=1S/C23H25BrN4O5S/c1-31-14-13-28(22(30)20-17(32-2)5-4-6-18(20)33-3)12-11-19(29)25-23-27-26-21(34-23)15-7-9-16(24)10-8-15/h4-10H,11-14H2,1-3H3,(H,25,27,29). The zero-order chi connectivity index (χ0) is 24.5. The summed E-state index contributed by atoms with van der Waals surface area (Å²) in [5.74, 6) is 0.199. The number of aromatic nitrogens is 2. The van der Waals surface area contributed by atoms with Gasteiger partial charge < -0.3 is 24.4 Å². The summed E-state index contributed by atoms with van der Waals surface area (Å²) >= 11 is 4.68. The van der Waals surface area contributed by atoms with Gasteiger partial charge in [-0.15, -0.1) is 10.2 Å². The number of anilines is 1. The predicted molar refractivity (Wildman–Crippen MR) is 134 cm³/mol. The van der Waals surface area contributed by atoms with Gasteiger partial charge in [-0.25, -0.2) is 0 Å². The van der Waals surface area contributed by atoms with Gasteiger partial charge in [0.2, 0.25) is 11.0 Å². The Balaban J connectivity index is 1.67. The monoisotopic (exact) mass is 548 g/mol. The fraction of sp³-hybridized carbons (Fsp3) is 0.304. The molecule has 9 nitrogen and oxygen atoms in total. The molecule has 2 amide bonds. The molecule has 1 aromatic heterocycles. The maximum atomic E-state index is 13.3. The zero-order valence-electron chi connectivity index (χ0n) is 19.0. The highest BCUT2D eigenvalue weighted by molar-refractivity contribution is 9.10. The Morgan fingerprint density at radius 2 is 1.68 bits per heavy atom. The average molecular weight is 549 g/mol. The van der Waals surface area contributed by atoms with Crippen molar-refractivity contribution in [1.29, 1.82) is 0 Å². The van der Waals surface area contributed by atoms with Crippen LogP contribution in [-0.2, 0) is 9.53 Å². The molecular weight excluding hydrogens is 524 g/mol. The van der Waals surface area contributed by atoms with E-state index < -0.39 is 0 Å². The first-order valence-electron chi connectivity index (χ1n) is 10.3. The maximum absolute atomic E-state index is 13.3. The first-order chi connectivity index (χ1) is 16.5. The first-order valence-corrected chi connectivity index (χ1v) is 12.0. The molecule has 3 aromatic rings. The summed E-state index contributed by atoms with van der Waals surface area (Å²) in [5.41, 5.74) is 1.20. The minimum atomic E-state index is -0.312. The minimum absolute atomic E-state index is 0.0696. The first kappa shape index (κ1) is 25.6. The second kappa shape index (κ2) is 12.4. The van der Waals surface area contributed by atoms with Crippen LogP contribution in [0.4, 0.5) is 5.13 Å². The Kier molecular flexibility index (Phi) is 9.37. The average Bonchev–Trinajstić information content (AvgIpc) is 3.31. The van der Waals surface area contributed by atoms with E-state index in [-0.39, 0.29) is 24.8 Å². The van der Waals surface area contributed by atoms with Crippen molar-refractivity contribution in [2.75, 3.05) is 46.3 Å². The normalized spacial score (nSPS) is 10.6. The molecule has 3 rings (SSSR count). The molecule has 0 aliphatic heterocycles. The van der Waals surface area contributed by atoms with Gasteiger partial charge in [-0.1, -0.05) is 45.5 Å². The van der Waals surface area contributed by atoms with Gasteiger partial charge in [-0.05, 0) is 24.3 Å². The van der Waals surface area contributed by atoms with E-state index in [9.17, 15) is 9.59 Å². The number of nitrogens with one attached hydrogen (secondary N) is 1. The predicted octanol–water partition coefficient (Wildman–Crippen LogP) is 4.10. The second-order valence-electron chi connectivity index (χ2n) is 7.04. The summed E-state index contributed by atoms with van der Waals surface area (Å²) in [6.07, 6.45) is 0.0696. The molecule has 0 aliphatic rings. The molecule has 0 saturated carbocycles. The lowest BCUT2D eigenvalue weighted by molar-refractivity contribution is -0.116. The van der Waals surface area contributed by atoms with Crippen molar-refractivity contribution < 1.29 is 23.8 Å². The molecule has 1 heterocycles. The van der Waals surface area contributed by atoms with Gasteiger partial charge in [0, 0.05) is 36.7 Å². The number of carbonyl (C=O) groups excluding carboxylic acids is 2. The summed E-state index contributed by atoms with van der Waals surface area (Å²) in [7, 11) is 4.53. The van der Waals surface area contributed by atoms with Crippen LogP contribution in [0.3, 0.4) is 0 Å². The van der Waals surface area contributed by atoms with Crippen LogP contribution in [0.1, 0.15) is 16.8 Å². The van der Waals surface area contributed by atoms with E-state index in [1.54, 1.807) is 25.3 Å². The number of methoxy groups -OCH3 is 3. The molecule has 11 heteroatoms. The van der Waals surface area contributed by atoms with Crippen LogP contribution in [0.2, 0.25) is 0 Å². The molecule has 0 radical (unpaired) electrons. The summed E-state index contributed by atoms with van der Waals surface area (Å²) in [4.78, 5) is 27.4. The van der Waals surface area contributed by atoms with Gasteiger partial charge in [0.05, 0.1) is 20.8 Å². The van der Waals surface area contributed by atoms with E-state index in [0.717, 1.165) is 10.0 Å². The Labute approximate surface area is 210 Å². The van der Waals surface area contributed by atoms with Gasteiger partial charge in [-0.2, -0.15) is 0 Å². The molecule has 1 N–H and O–H groups in total. The minimum Gasteiger partial charge on any atom is -0.496 e. The number of carbonyl (C=O) groups is 2. The number of rotatable bonds is 11. The lowest BCUT2D eigenvalue weighted by Gasteiger charge is -2.24. The van der Waals surface area contributed by atoms with E-state index in [0.29, 0.717) is 40.4 Å². The van der Waals surface area contributed by atoms with E-state index >= 15 is 0 Å². The van der Waals surface area contributed by atoms with Crippen molar-refractivity contribution in [2.24, 2.45) is 0 Å². The third-order valence-corrected chi connectivity index (χ3v) is 6.28. The Morgan fingerprint density at radius 1 is 1.00 bits per heavy atom. The molecular formula is C23H25BrN4O5S. The number of ether oxygens (including phenoxy) is 3. The van der Waals surface area contributed by atoms with Crippen molar-refractivity contribution in [1.82, 2.24) is 15.1 Å². The van der Waals surface area contributed by atoms with Crippen LogP contribution in [0.5, 0.6) is 11.5 Å². The van der Waals surface area contributed by atoms with Crippen LogP contribution < -0.4 is 14.8 Å². The van der Waals surface area contributed by atoms with Crippen LogP contribution >= 0.6 is 27.3 Å². The van der Waals surface area contributed by atoms with Gasteiger partial charge in [0.25, 0.3) is 5.91 Å². The molecule has 0 saturated heterocycles. The number of hydrogen-bond acceptors (Lipinski definition) is 8. The van der Waals surface area contributed by atoms with E-state index in [2.05, 4.69) is 31.4 Å². The molecule has 0 aliphatic carbocycles. The SMILES string of the molecule is COCCN(CCC(=O)Nc1nnc(-c2ccc(Br)cc2)s1)C(=O)c1c(OC)cccc1OC. The van der Waals surface area contributed by atoms with Crippen molar-refractivity contribution >= 4 is 44.2 Å². The molecule has 34 heavy (non-hydrogen) atoms. The quantitative estimate of drug-likeness (QED) is 0.384. The second-order valence-corrected chi connectivity index (χ2v) is 8.93. The zero-order valence-corrected chi connectivity index (χ0v) is 21.4. The Hall–Kier alpha value is -3.02. The van der Waals surface area contributed by atoms with E-state index in [1.807, 2.05) is 24.3 Å². The molecule has 0 fully saturated rings. The van der Waals surface area contributed by atoms with Crippen LogP contribution in [0.25, 0.3) is 10.6 Å². The highest BCUT2D eigenvalue weighted by atomic mass is 79.9. The fourth-order valence-electron chi connectivity index (χ4n) is 3.14. The van der Waals surface area contributed by atoms with Crippen LogP contribution in [0, 0.1) is 0 Å². The number of benzene rings is 2. The molecule has 180 valence electrons. The summed E-state index contributed by atoms with van der Waals surface area (Å²) in [6, 6.07) is 12.8. The van der Waals surface area contributed by atoms with Crippen LogP contribution in [0.15, 0.2) is 46.9 Å². The Morgan fingerprint density at radius 3 is 2.29 bits per heavy atom. The summed E-state index contributed by atoms with van der Waals surface area (Å²) < 4.78 is 16.8. The van der Waals surface area contributed by atoms with Crippen molar-refractivity contribution in [3.63, 3.8) is 0 Å². The topological polar surface area (TPSA) is 103 Å². The lowest BCUT2D eigenvalue weighted by Crippen LogP contribution is -2.36. The van der Waals surface area contributed by atoms with Gasteiger partial charge in [0.1, 0.15) is 22.1 Å². The van der Waals surface area contributed by atoms with E-state index in [1.165, 1.54) is 30.5 Å². The summed E-state index contributed by atoms with van der Waals surface area (Å²) in [6.45, 7) is 0.793. The number of nitrogens with zero attached hydrogens (tertiary/aromatic N) is 3. The van der Waals surface area contributed by atoms with Gasteiger partial charge in [0.15, 0.2) is 0 Å². The molecule has 2 aromatic carbocycles. The Bertz CT molecular complexity index is 1100. The molecule has 0 bridgehead atoms.